The third-order valence-electron chi connectivity index (χ3n) is 2.71. The van der Waals surface area contributed by atoms with Gasteiger partial charge in [0.25, 0.3) is 0 Å². The Morgan fingerprint density at radius 1 is 1.36 bits per heavy atom. The lowest BCUT2D eigenvalue weighted by molar-refractivity contribution is 0.254. The number of halogens is 2. The normalized spacial score (nSPS) is 11.0. The van der Waals surface area contributed by atoms with Gasteiger partial charge in [0.05, 0.1) is 24.4 Å². The number of benzene rings is 1. The highest BCUT2D eigenvalue weighted by molar-refractivity contribution is 7.80. The van der Waals surface area contributed by atoms with Gasteiger partial charge in [-0.05, 0) is 42.5 Å². The van der Waals surface area contributed by atoms with Crippen molar-refractivity contribution in [2.75, 3.05) is 13.2 Å². The maximum absolute atomic E-state index is 8.91. The number of hydrogen-bond donors (Lipinski definition) is 2. The van der Waals surface area contributed by atoms with Crippen LogP contribution >= 0.6 is 35.4 Å². The van der Waals surface area contributed by atoms with Crippen LogP contribution in [0.3, 0.4) is 0 Å². The second-order valence-corrected chi connectivity index (χ2v) is 5.52. The van der Waals surface area contributed by atoms with E-state index in [1.165, 1.54) is 11.2 Å². The van der Waals surface area contributed by atoms with Crippen molar-refractivity contribution in [3.8, 4) is 11.3 Å². The van der Waals surface area contributed by atoms with Gasteiger partial charge in [-0.25, -0.2) is 5.01 Å². The van der Waals surface area contributed by atoms with E-state index in [-0.39, 0.29) is 18.3 Å². The third kappa shape index (κ3) is 4.20. The van der Waals surface area contributed by atoms with Crippen LogP contribution in [0, 0.1) is 0 Å². The predicted molar refractivity (Wildman–Crippen MR) is 92.3 cm³/mol. The Morgan fingerprint density at radius 2 is 2.14 bits per heavy atom. The first kappa shape index (κ1) is 16.8. The highest BCUT2D eigenvalue weighted by Crippen LogP contribution is 2.31. The number of thiocarbonyl (C=S) groups is 1. The minimum absolute atomic E-state index is 0.0674. The molecule has 116 valence electrons. The van der Waals surface area contributed by atoms with Crippen LogP contribution in [0.15, 0.2) is 39.9 Å². The molecule has 0 unspecified atom stereocenters. The van der Waals surface area contributed by atoms with Gasteiger partial charge in [-0.2, -0.15) is 5.10 Å². The van der Waals surface area contributed by atoms with Crippen molar-refractivity contribution in [2.45, 2.75) is 0 Å². The van der Waals surface area contributed by atoms with E-state index in [0.717, 1.165) is 5.56 Å². The molecule has 0 saturated heterocycles. The lowest BCUT2D eigenvalue weighted by Crippen LogP contribution is -2.33. The summed E-state index contributed by atoms with van der Waals surface area (Å²) in [5, 5.41) is 15.4. The monoisotopic (exact) mass is 357 g/mol. The van der Waals surface area contributed by atoms with E-state index in [9.17, 15) is 0 Å². The number of hydrazone groups is 1. The van der Waals surface area contributed by atoms with E-state index in [0.29, 0.717) is 21.6 Å². The number of rotatable bonds is 5. The van der Waals surface area contributed by atoms with Crippen LogP contribution in [-0.2, 0) is 0 Å². The van der Waals surface area contributed by atoms with Crippen LogP contribution in [0.25, 0.3) is 11.3 Å². The molecule has 0 aliphatic rings. The predicted octanol–water partition coefficient (Wildman–Crippen LogP) is 3.13. The molecule has 0 amide bonds. The molecular formula is C14H13Cl2N3O2S. The minimum Gasteiger partial charge on any atom is -0.455 e. The van der Waals surface area contributed by atoms with Gasteiger partial charge in [0.2, 0.25) is 0 Å². The fourth-order valence-corrected chi connectivity index (χ4v) is 2.34. The lowest BCUT2D eigenvalue weighted by atomic mass is 10.2. The summed E-state index contributed by atoms with van der Waals surface area (Å²) in [6.07, 6.45) is 1.46. The third-order valence-corrected chi connectivity index (χ3v) is 3.47. The second kappa shape index (κ2) is 7.60. The number of aliphatic hydroxyl groups excluding tert-OH is 1. The molecular weight excluding hydrogens is 345 g/mol. The topological polar surface area (TPSA) is 75.0 Å². The first-order chi connectivity index (χ1) is 10.5. The second-order valence-electron chi connectivity index (χ2n) is 4.26. The number of aliphatic hydroxyl groups is 1. The summed E-state index contributed by atoms with van der Waals surface area (Å²) in [5.74, 6) is 1.09. The molecule has 0 saturated carbocycles. The van der Waals surface area contributed by atoms with Gasteiger partial charge in [-0.1, -0.05) is 23.2 Å². The Labute approximate surface area is 142 Å². The van der Waals surface area contributed by atoms with Crippen molar-refractivity contribution < 1.29 is 9.52 Å². The van der Waals surface area contributed by atoms with Crippen molar-refractivity contribution in [3.05, 3.63) is 46.1 Å². The van der Waals surface area contributed by atoms with E-state index in [2.05, 4.69) is 5.10 Å². The number of hydrogen-bond acceptors (Lipinski definition) is 4. The van der Waals surface area contributed by atoms with E-state index < -0.39 is 0 Å². The maximum atomic E-state index is 8.91. The van der Waals surface area contributed by atoms with E-state index in [1.807, 2.05) is 0 Å². The molecule has 5 nitrogen and oxygen atoms in total. The summed E-state index contributed by atoms with van der Waals surface area (Å²) in [4.78, 5) is 0. The molecule has 22 heavy (non-hydrogen) atoms. The van der Waals surface area contributed by atoms with Crippen LogP contribution in [-0.4, -0.2) is 34.6 Å². The molecule has 0 aliphatic heterocycles. The molecule has 1 heterocycles. The minimum atomic E-state index is -0.113. The van der Waals surface area contributed by atoms with Gasteiger partial charge in [-0.3, -0.25) is 0 Å². The Kier molecular flexibility index (Phi) is 5.79. The Balaban J connectivity index is 2.19. The van der Waals surface area contributed by atoms with E-state index in [4.69, 9.17) is 50.7 Å². The number of nitrogens with zero attached hydrogens (tertiary/aromatic N) is 2. The SMILES string of the molecule is NC(=S)N(CCO)N=Cc1ccc(-c2ccc(Cl)cc2Cl)o1. The molecule has 2 rings (SSSR count). The fraction of sp³-hybridized carbons (Fsp3) is 0.143. The van der Waals surface area contributed by atoms with Crippen LogP contribution in [0.5, 0.6) is 0 Å². The standard InChI is InChI=1S/C14H13Cl2N3O2S/c15-9-1-3-11(12(16)7-9)13-4-2-10(21-13)8-18-19(5-6-20)14(17)22/h1-4,7-8,20H,5-6H2,(H2,17,22). The fourth-order valence-electron chi connectivity index (χ4n) is 1.70. The van der Waals surface area contributed by atoms with E-state index >= 15 is 0 Å². The van der Waals surface area contributed by atoms with Gasteiger partial charge in [0.1, 0.15) is 11.5 Å². The summed E-state index contributed by atoms with van der Waals surface area (Å²) in [6.45, 7) is 0.0981. The van der Waals surface area contributed by atoms with Crippen molar-refractivity contribution in [1.29, 1.82) is 0 Å². The molecule has 0 fully saturated rings. The summed E-state index contributed by atoms with van der Waals surface area (Å²) < 4.78 is 5.65. The summed E-state index contributed by atoms with van der Waals surface area (Å²) in [6, 6.07) is 8.66. The van der Waals surface area contributed by atoms with Gasteiger partial charge in [-0.15, -0.1) is 0 Å². The Bertz CT molecular complexity index is 703. The van der Waals surface area contributed by atoms with E-state index in [1.54, 1.807) is 30.3 Å². The molecule has 8 heteroatoms. The molecule has 0 spiro atoms. The Hall–Kier alpha value is -1.60. The largest absolute Gasteiger partial charge is 0.455 e. The molecule has 0 radical (unpaired) electrons. The molecule has 0 bridgehead atoms. The number of nitrogens with two attached hydrogens (primary N) is 1. The zero-order chi connectivity index (χ0) is 16.1. The summed E-state index contributed by atoms with van der Waals surface area (Å²) in [5.41, 5.74) is 6.22. The average molecular weight is 358 g/mol. The van der Waals surface area contributed by atoms with Gasteiger partial charge < -0.3 is 15.3 Å². The molecule has 0 atom stereocenters. The van der Waals surface area contributed by atoms with Crippen molar-refractivity contribution in [2.24, 2.45) is 10.8 Å². The van der Waals surface area contributed by atoms with Crippen LogP contribution in [0.4, 0.5) is 0 Å². The highest BCUT2D eigenvalue weighted by atomic mass is 35.5. The van der Waals surface area contributed by atoms with Crippen molar-refractivity contribution in [1.82, 2.24) is 5.01 Å². The average Bonchev–Trinajstić information content (AvgIpc) is 2.91. The number of furan rings is 1. The van der Waals surface area contributed by atoms with Crippen molar-refractivity contribution in [3.63, 3.8) is 0 Å². The Morgan fingerprint density at radius 3 is 2.77 bits per heavy atom. The van der Waals surface area contributed by atoms with Gasteiger partial charge in [0.15, 0.2) is 5.11 Å². The summed E-state index contributed by atoms with van der Waals surface area (Å²) in [7, 11) is 0. The van der Waals surface area contributed by atoms with Crippen LogP contribution in [0.1, 0.15) is 5.76 Å². The van der Waals surface area contributed by atoms with Crippen LogP contribution < -0.4 is 5.73 Å². The molecule has 1 aromatic heterocycles. The smallest absolute Gasteiger partial charge is 0.187 e. The van der Waals surface area contributed by atoms with Crippen molar-refractivity contribution >= 4 is 46.7 Å². The molecule has 0 aliphatic carbocycles. The van der Waals surface area contributed by atoms with Gasteiger partial charge in [0, 0.05) is 10.6 Å². The maximum Gasteiger partial charge on any atom is 0.187 e. The zero-order valence-corrected chi connectivity index (χ0v) is 13.7. The zero-order valence-electron chi connectivity index (χ0n) is 11.4. The first-order valence-corrected chi connectivity index (χ1v) is 7.44. The van der Waals surface area contributed by atoms with Crippen LogP contribution in [0.2, 0.25) is 10.0 Å². The first-order valence-electron chi connectivity index (χ1n) is 6.28. The molecule has 3 N–H and O–H groups in total. The lowest BCUT2D eigenvalue weighted by Gasteiger charge is -2.14. The highest BCUT2D eigenvalue weighted by Gasteiger charge is 2.09. The molecule has 2 aromatic rings. The van der Waals surface area contributed by atoms with Gasteiger partial charge >= 0.3 is 0 Å². The quantitative estimate of drug-likeness (QED) is 0.488. The molecule has 1 aromatic carbocycles. The summed E-state index contributed by atoms with van der Waals surface area (Å²) >= 11 is 16.8.